The SMILES string of the molecule is NCCc1c(-c2ccccc2)n(-c2ccccc2)c2ccccc12.[Cl-]. The lowest BCUT2D eigenvalue weighted by Gasteiger charge is -2.13. The van der Waals surface area contributed by atoms with E-state index < -0.39 is 0 Å². The van der Waals surface area contributed by atoms with Crippen LogP contribution in [0, 0.1) is 0 Å². The Morgan fingerprint density at radius 3 is 2.00 bits per heavy atom. The summed E-state index contributed by atoms with van der Waals surface area (Å²) in [6, 6.07) is 29.7. The summed E-state index contributed by atoms with van der Waals surface area (Å²) in [5.74, 6) is 0. The Kier molecular flexibility index (Phi) is 5.22. The van der Waals surface area contributed by atoms with Gasteiger partial charge in [0.05, 0.1) is 11.2 Å². The molecule has 3 aromatic carbocycles. The summed E-state index contributed by atoms with van der Waals surface area (Å²) >= 11 is 0. The fraction of sp³-hybridized carbons (Fsp3) is 0.0909. The van der Waals surface area contributed by atoms with Gasteiger partial charge in [0.2, 0.25) is 0 Å². The third-order valence-electron chi connectivity index (χ3n) is 4.44. The van der Waals surface area contributed by atoms with Gasteiger partial charge in [0.15, 0.2) is 0 Å². The van der Waals surface area contributed by atoms with Crippen LogP contribution in [0.15, 0.2) is 84.9 Å². The van der Waals surface area contributed by atoms with Crippen molar-refractivity contribution >= 4 is 10.9 Å². The van der Waals surface area contributed by atoms with Crippen LogP contribution in [0.1, 0.15) is 5.56 Å². The predicted octanol–water partition coefficient (Wildman–Crippen LogP) is 1.80. The Morgan fingerprint density at radius 2 is 1.32 bits per heavy atom. The number of hydrogen-bond acceptors (Lipinski definition) is 1. The van der Waals surface area contributed by atoms with Crippen LogP contribution in [0.2, 0.25) is 0 Å². The summed E-state index contributed by atoms with van der Waals surface area (Å²) in [6.07, 6.45) is 0.866. The standard InChI is InChI=1S/C22H20N2.ClH/c23-16-15-20-19-13-7-8-14-21(19)24(18-11-5-2-6-12-18)22(20)17-9-3-1-4-10-17;/h1-14H,15-16,23H2;1H/p-1. The summed E-state index contributed by atoms with van der Waals surface area (Å²) in [7, 11) is 0. The molecule has 0 aliphatic carbocycles. The lowest BCUT2D eigenvalue weighted by atomic mass is 10.0. The molecule has 0 spiro atoms. The van der Waals surface area contributed by atoms with Gasteiger partial charge in [-0.1, -0.05) is 66.7 Å². The Labute approximate surface area is 154 Å². The first-order chi connectivity index (χ1) is 11.9. The zero-order valence-electron chi connectivity index (χ0n) is 13.9. The Hall–Kier alpha value is -2.55. The number of halogens is 1. The minimum Gasteiger partial charge on any atom is -1.00 e. The van der Waals surface area contributed by atoms with E-state index in [1.807, 2.05) is 0 Å². The fourth-order valence-corrected chi connectivity index (χ4v) is 3.45. The van der Waals surface area contributed by atoms with Gasteiger partial charge in [-0.3, -0.25) is 0 Å². The van der Waals surface area contributed by atoms with Gasteiger partial charge in [0.25, 0.3) is 0 Å². The maximum Gasteiger partial charge on any atom is 0.0573 e. The van der Waals surface area contributed by atoms with Crippen molar-refractivity contribution in [2.24, 2.45) is 5.73 Å². The summed E-state index contributed by atoms with van der Waals surface area (Å²) in [6.45, 7) is 0.641. The topological polar surface area (TPSA) is 30.9 Å². The van der Waals surface area contributed by atoms with Gasteiger partial charge < -0.3 is 22.7 Å². The third-order valence-corrected chi connectivity index (χ3v) is 4.44. The number of benzene rings is 3. The number of nitrogens with zero attached hydrogens (tertiary/aromatic N) is 1. The van der Waals surface area contributed by atoms with Gasteiger partial charge in [-0.15, -0.1) is 0 Å². The second kappa shape index (κ2) is 7.56. The number of fused-ring (bicyclic) bond motifs is 1. The first-order valence-electron chi connectivity index (χ1n) is 8.33. The molecule has 0 fully saturated rings. The highest BCUT2D eigenvalue weighted by Gasteiger charge is 2.18. The van der Waals surface area contributed by atoms with E-state index in [1.165, 1.54) is 33.4 Å². The molecule has 0 aliphatic heterocycles. The highest BCUT2D eigenvalue weighted by molar-refractivity contribution is 5.93. The molecular weight excluding hydrogens is 328 g/mol. The zero-order valence-corrected chi connectivity index (χ0v) is 14.7. The molecule has 2 N–H and O–H groups in total. The van der Waals surface area contributed by atoms with Crippen molar-refractivity contribution in [3.05, 3.63) is 90.5 Å². The van der Waals surface area contributed by atoms with Crippen LogP contribution in [0.3, 0.4) is 0 Å². The first-order valence-corrected chi connectivity index (χ1v) is 8.33. The fourth-order valence-electron chi connectivity index (χ4n) is 3.45. The van der Waals surface area contributed by atoms with Gasteiger partial charge >= 0.3 is 0 Å². The van der Waals surface area contributed by atoms with Crippen molar-refractivity contribution in [3.63, 3.8) is 0 Å². The van der Waals surface area contributed by atoms with Crippen LogP contribution in [-0.4, -0.2) is 11.1 Å². The van der Waals surface area contributed by atoms with E-state index in [9.17, 15) is 0 Å². The van der Waals surface area contributed by atoms with Crippen molar-refractivity contribution in [1.82, 2.24) is 4.57 Å². The minimum absolute atomic E-state index is 0. The smallest absolute Gasteiger partial charge is 0.0573 e. The van der Waals surface area contributed by atoms with Crippen molar-refractivity contribution in [3.8, 4) is 16.9 Å². The van der Waals surface area contributed by atoms with E-state index in [0.717, 1.165) is 6.42 Å². The molecule has 1 heterocycles. The normalized spacial score (nSPS) is 10.6. The molecule has 0 amide bonds. The monoisotopic (exact) mass is 347 g/mol. The number of nitrogens with two attached hydrogens (primary N) is 1. The van der Waals surface area contributed by atoms with Crippen LogP contribution in [0.5, 0.6) is 0 Å². The molecule has 1 aromatic heterocycles. The lowest BCUT2D eigenvalue weighted by Crippen LogP contribution is -3.00. The minimum atomic E-state index is 0. The molecule has 2 nitrogen and oxygen atoms in total. The van der Waals surface area contributed by atoms with Gasteiger partial charge in [-0.05, 0) is 42.3 Å². The molecule has 4 aromatic rings. The van der Waals surface area contributed by atoms with Crippen LogP contribution in [-0.2, 0) is 6.42 Å². The number of rotatable bonds is 4. The van der Waals surface area contributed by atoms with E-state index in [-0.39, 0.29) is 12.4 Å². The summed E-state index contributed by atoms with van der Waals surface area (Å²) in [5.41, 5.74) is 12.1. The van der Waals surface area contributed by atoms with Gasteiger partial charge in [-0.25, -0.2) is 0 Å². The van der Waals surface area contributed by atoms with Crippen LogP contribution in [0.25, 0.3) is 27.8 Å². The van der Waals surface area contributed by atoms with Gasteiger partial charge in [-0.2, -0.15) is 0 Å². The molecule has 126 valence electrons. The first kappa shape index (κ1) is 17.3. The largest absolute Gasteiger partial charge is 1.00 e. The molecule has 4 rings (SSSR count). The molecule has 0 aliphatic rings. The quantitative estimate of drug-likeness (QED) is 0.599. The average Bonchev–Trinajstić information content (AvgIpc) is 2.98. The van der Waals surface area contributed by atoms with Crippen LogP contribution < -0.4 is 18.1 Å². The Bertz CT molecular complexity index is 959. The summed E-state index contributed by atoms with van der Waals surface area (Å²) < 4.78 is 2.36. The molecule has 0 saturated heterocycles. The van der Waals surface area contributed by atoms with Crippen molar-refractivity contribution in [2.45, 2.75) is 6.42 Å². The number of para-hydroxylation sites is 2. The second-order valence-electron chi connectivity index (χ2n) is 5.92. The molecule has 0 radical (unpaired) electrons. The van der Waals surface area contributed by atoms with E-state index in [4.69, 9.17) is 5.73 Å². The summed E-state index contributed by atoms with van der Waals surface area (Å²) in [4.78, 5) is 0. The van der Waals surface area contributed by atoms with Crippen molar-refractivity contribution in [1.29, 1.82) is 0 Å². The number of aromatic nitrogens is 1. The van der Waals surface area contributed by atoms with E-state index >= 15 is 0 Å². The van der Waals surface area contributed by atoms with Crippen LogP contribution in [0.4, 0.5) is 0 Å². The highest BCUT2D eigenvalue weighted by atomic mass is 35.5. The molecule has 25 heavy (non-hydrogen) atoms. The molecule has 0 saturated carbocycles. The molecule has 0 bridgehead atoms. The van der Waals surface area contributed by atoms with Crippen molar-refractivity contribution < 1.29 is 12.4 Å². The maximum atomic E-state index is 5.94. The summed E-state index contributed by atoms with van der Waals surface area (Å²) in [5, 5.41) is 1.28. The van der Waals surface area contributed by atoms with Crippen molar-refractivity contribution in [2.75, 3.05) is 6.54 Å². The maximum absolute atomic E-state index is 5.94. The second-order valence-corrected chi connectivity index (χ2v) is 5.92. The van der Waals surface area contributed by atoms with Gasteiger partial charge in [0.1, 0.15) is 0 Å². The third kappa shape index (κ3) is 3.07. The van der Waals surface area contributed by atoms with Gasteiger partial charge in [0, 0.05) is 11.1 Å². The van der Waals surface area contributed by atoms with E-state index in [2.05, 4.69) is 89.5 Å². The average molecular weight is 348 g/mol. The van der Waals surface area contributed by atoms with E-state index in [0.29, 0.717) is 6.54 Å². The Balaban J connectivity index is 0.00000182. The predicted molar refractivity (Wildman–Crippen MR) is 101 cm³/mol. The molecule has 0 atom stereocenters. The molecule has 0 unspecified atom stereocenters. The molecular formula is C22H20ClN2-. The van der Waals surface area contributed by atoms with Crippen LogP contribution >= 0.6 is 0 Å². The highest BCUT2D eigenvalue weighted by Crippen LogP contribution is 2.36. The lowest BCUT2D eigenvalue weighted by molar-refractivity contribution is -0.00000476. The molecule has 3 heteroatoms. The Morgan fingerprint density at radius 1 is 0.720 bits per heavy atom. The van der Waals surface area contributed by atoms with E-state index in [1.54, 1.807) is 0 Å². The number of hydrogen-bond donors (Lipinski definition) is 1. The zero-order chi connectivity index (χ0) is 16.4.